The lowest BCUT2D eigenvalue weighted by molar-refractivity contribution is -0.125. The number of hydrogen-bond acceptors (Lipinski definition) is 4. The highest BCUT2D eigenvalue weighted by atomic mass is 19.1. The molecule has 0 spiro atoms. The maximum atomic E-state index is 13.1. The molecule has 34 heavy (non-hydrogen) atoms. The minimum atomic E-state index is -0.273. The van der Waals surface area contributed by atoms with Crippen molar-refractivity contribution in [1.82, 2.24) is 19.9 Å². The molecule has 0 atom stereocenters. The van der Waals surface area contributed by atoms with Crippen LogP contribution in [-0.2, 0) is 11.3 Å². The Morgan fingerprint density at radius 1 is 1.09 bits per heavy atom. The van der Waals surface area contributed by atoms with Gasteiger partial charge in [-0.1, -0.05) is 29.8 Å². The lowest BCUT2D eigenvalue weighted by atomic mass is 9.95. The Morgan fingerprint density at radius 2 is 1.85 bits per heavy atom. The van der Waals surface area contributed by atoms with Crippen LogP contribution >= 0.6 is 0 Å². The summed E-state index contributed by atoms with van der Waals surface area (Å²) < 4.78 is 15.0. The van der Waals surface area contributed by atoms with Gasteiger partial charge in [-0.05, 0) is 62.1 Å². The Bertz CT molecular complexity index is 1320. The van der Waals surface area contributed by atoms with Crippen molar-refractivity contribution < 1.29 is 9.18 Å². The van der Waals surface area contributed by atoms with Crippen molar-refractivity contribution in [1.29, 1.82) is 0 Å². The number of aryl methyl sites for hydroxylation is 2. The van der Waals surface area contributed by atoms with Gasteiger partial charge in [-0.2, -0.15) is 5.10 Å². The monoisotopic (exact) mass is 457 g/mol. The predicted molar refractivity (Wildman–Crippen MR) is 131 cm³/mol. The first-order valence-corrected chi connectivity index (χ1v) is 11.7. The number of carbonyl (C=O) groups excluding carboxylic acids is 1. The van der Waals surface area contributed by atoms with E-state index in [1.807, 2.05) is 10.7 Å². The number of hydrogen-bond donors (Lipinski definition) is 1. The fraction of sp³-hybridized carbons (Fsp3) is 0.296. The highest BCUT2D eigenvalue weighted by Gasteiger charge is 2.26. The Morgan fingerprint density at radius 3 is 2.62 bits per heavy atom. The van der Waals surface area contributed by atoms with E-state index >= 15 is 0 Å². The first-order chi connectivity index (χ1) is 16.5. The zero-order valence-corrected chi connectivity index (χ0v) is 19.5. The van der Waals surface area contributed by atoms with E-state index in [0.29, 0.717) is 6.54 Å². The van der Waals surface area contributed by atoms with Crippen LogP contribution in [0.25, 0.3) is 16.8 Å². The lowest BCUT2D eigenvalue weighted by Gasteiger charge is -2.32. The van der Waals surface area contributed by atoms with Crippen LogP contribution in [-0.4, -0.2) is 33.6 Å². The molecule has 1 saturated heterocycles. The number of halogens is 1. The SMILES string of the molecule is Cc1ccc(C)c(-c2cc3c(N4CCC(C(=O)NCc5ccc(F)cc5)CC4)nccn3n2)c1. The third-order valence-corrected chi connectivity index (χ3v) is 6.58. The van der Waals surface area contributed by atoms with E-state index in [2.05, 4.69) is 53.3 Å². The van der Waals surface area contributed by atoms with Gasteiger partial charge in [0.25, 0.3) is 0 Å². The summed E-state index contributed by atoms with van der Waals surface area (Å²) in [5, 5.41) is 7.80. The van der Waals surface area contributed by atoms with Crippen molar-refractivity contribution in [3.05, 3.63) is 83.4 Å². The molecular formula is C27H28FN5O. The molecule has 0 saturated carbocycles. The van der Waals surface area contributed by atoms with Crippen LogP contribution in [0.1, 0.15) is 29.5 Å². The molecule has 5 rings (SSSR count). The van der Waals surface area contributed by atoms with Gasteiger partial charge in [0.1, 0.15) is 11.3 Å². The Labute approximate surface area is 198 Å². The summed E-state index contributed by atoms with van der Waals surface area (Å²) in [5.74, 6) is 0.644. The summed E-state index contributed by atoms with van der Waals surface area (Å²) >= 11 is 0. The van der Waals surface area contributed by atoms with E-state index in [1.165, 1.54) is 23.3 Å². The first kappa shape index (κ1) is 22.1. The Hall–Kier alpha value is -3.74. The number of fused-ring (bicyclic) bond motifs is 1. The molecule has 7 heteroatoms. The molecule has 4 aromatic rings. The quantitative estimate of drug-likeness (QED) is 0.473. The number of rotatable bonds is 5. The molecule has 0 unspecified atom stereocenters. The van der Waals surface area contributed by atoms with Gasteiger partial charge in [-0.25, -0.2) is 13.9 Å². The zero-order valence-electron chi connectivity index (χ0n) is 19.5. The van der Waals surface area contributed by atoms with Gasteiger partial charge in [-0.15, -0.1) is 0 Å². The smallest absolute Gasteiger partial charge is 0.223 e. The predicted octanol–water partition coefficient (Wildman–Crippen LogP) is 4.69. The van der Waals surface area contributed by atoms with Crippen LogP contribution in [0.3, 0.4) is 0 Å². The van der Waals surface area contributed by atoms with Crippen LogP contribution in [0.15, 0.2) is 60.9 Å². The molecule has 1 aliphatic heterocycles. The Balaban J connectivity index is 1.27. The van der Waals surface area contributed by atoms with E-state index in [1.54, 1.807) is 18.3 Å². The molecule has 1 aliphatic rings. The third kappa shape index (κ3) is 4.51. The Kier molecular flexibility index (Phi) is 6.01. The molecule has 0 aliphatic carbocycles. The normalized spacial score (nSPS) is 14.5. The van der Waals surface area contributed by atoms with E-state index in [-0.39, 0.29) is 17.6 Å². The molecule has 3 heterocycles. The molecule has 0 bridgehead atoms. The number of piperidine rings is 1. The number of amides is 1. The summed E-state index contributed by atoms with van der Waals surface area (Å²) in [4.78, 5) is 19.6. The van der Waals surface area contributed by atoms with Crippen LogP contribution in [0.5, 0.6) is 0 Å². The van der Waals surface area contributed by atoms with E-state index in [9.17, 15) is 9.18 Å². The number of carbonyl (C=O) groups is 1. The average Bonchev–Trinajstić information content (AvgIpc) is 3.29. The molecule has 0 radical (unpaired) electrons. The van der Waals surface area contributed by atoms with E-state index in [0.717, 1.165) is 54.1 Å². The summed E-state index contributed by atoms with van der Waals surface area (Å²) in [5.41, 5.74) is 6.32. The number of aromatic nitrogens is 3. The molecule has 1 N–H and O–H groups in total. The molecule has 6 nitrogen and oxygen atoms in total. The molecular weight excluding hydrogens is 429 g/mol. The van der Waals surface area contributed by atoms with Crippen LogP contribution in [0, 0.1) is 25.6 Å². The molecule has 1 amide bonds. The van der Waals surface area contributed by atoms with E-state index in [4.69, 9.17) is 5.10 Å². The second kappa shape index (κ2) is 9.25. The second-order valence-electron chi connectivity index (χ2n) is 9.03. The standard InChI is InChI=1S/C27H28FN5O/c1-18-3-4-19(2)23(15-18)24-16-25-26(29-11-14-33(25)31-24)32-12-9-21(10-13-32)27(34)30-17-20-5-7-22(28)8-6-20/h3-8,11,14-16,21H,9-10,12-13,17H2,1-2H3,(H,30,34). The van der Waals surface area contributed by atoms with Gasteiger partial charge in [0, 0.05) is 43.5 Å². The van der Waals surface area contributed by atoms with Crippen molar-refractivity contribution in [2.45, 2.75) is 33.2 Å². The summed E-state index contributed by atoms with van der Waals surface area (Å²) in [6.07, 6.45) is 5.18. The van der Waals surface area contributed by atoms with Crippen LogP contribution in [0.4, 0.5) is 10.2 Å². The topological polar surface area (TPSA) is 62.5 Å². The summed E-state index contributed by atoms with van der Waals surface area (Å²) in [6, 6.07) is 14.7. The van der Waals surface area contributed by atoms with Gasteiger partial charge < -0.3 is 10.2 Å². The maximum absolute atomic E-state index is 13.1. The number of nitrogens with zero attached hydrogens (tertiary/aromatic N) is 4. The minimum Gasteiger partial charge on any atom is -0.355 e. The van der Waals surface area contributed by atoms with Crippen molar-refractivity contribution in [3.8, 4) is 11.3 Å². The van der Waals surface area contributed by atoms with Gasteiger partial charge in [-0.3, -0.25) is 4.79 Å². The minimum absolute atomic E-state index is 0.0353. The van der Waals surface area contributed by atoms with Crippen molar-refractivity contribution in [2.75, 3.05) is 18.0 Å². The van der Waals surface area contributed by atoms with Crippen LogP contribution in [0.2, 0.25) is 0 Å². The average molecular weight is 458 g/mol. The van der Waals surface area contributed by atoms with Crippen molar-refractivity contribution in [2.24, 2.45) is 5.92 Å². The largest absolute Gasteiger partial charge is 0.355 e. The molecule has 2 aromatic carbocycles. The highest BCUT2D eigenvalue weighted by Crippen LogP contribution is 2.30. The number of nitrogens with one attached hydrogen (secondary N) is 1. The second-order valence-corrected chi connectivity index (χ2v) is 9.03. The molecule has 174 valence electrons. The van der Waals surface area contributed by atoms with Crippen molar-refractivity contribution >= 4 is 17.2 Å². The summed E-state index contributed by atoms with van der Waals surface area (Å²) in [7, 11) is 0. The van der Waals surface area contributed by atoms with Gasteiger partial charge in [0.15, 0.2) is 5.82 Å². The van der Waals surface area contributed by atoms with E-state index < -0.39 is 0 Å². The zero-order chi connectivity index (χ0) is 23.7. The van der Waals surface area contributed by atoms with Crippen LogP contribution < -0.4 is 10.2 Å². The fourth-order valence-corrected chi connectivity index (χ4v) is 4.58. The van der Waals surface area contributed by atoms with Gasteiger partial charge in [0.2, 0.25) is 5.91 Å². The lowest BCUT2D eigenvalue weighted by Crippen LogP contribution is -2.40. The molecule has 2 aromatic heterocycles. The first-order valence-electron chi connectivity index (χ1n) is 11.7. The summed E-state index contributed by atoms with van der Waals surface area (Å²) in [6.45, 7) is 6.11. The van der Waals surface area contributed by atoms with Gasteiger partial charge in [0.05, 0.1) is 5.69 Å². The number of benzene rings is 2. The fourth-order valence-electron chi connectivity index (χ4n) is 4.58. The molecule has 1 fully saturated rings. The van der Waals surface area contributed by atoms with Crippen molar-refractivity contribution in [3.63, 3.8) is 0 Å². The maximum Gasteiger partial charge on any atom is 0.223 e. The number of anilines is 1. The van der Waals surface area contributed by atoms with Gasteiger partial charge >= 0.3 is 0 Å². The third-order valence-electron chi connectivity index (χ3n) is 6.58. The highest BCUT2D eigenvalue weighted by molar-refractivity contribution is 5.80.